The van der Waals surface area contributed by atoms with Crippen LogP contribution in [0.25, 0.3) is 22.2 Å². The maximum atomic E-state index is 12.2. The summed E-state index contributed by atoms with van der Waals surface area (Å²) in [5.74, 6) is 0.122. The molecule has 3 aromatic rings. The fraction of sp³-hybridized carbons (Fsp3) is 0.421. The Hall–Kier alpha value is -4.70. The van der Waals surface area contributed by atoms with E-state index in [0.717, 1.165) is 66.6 Å². The Labute approximate surface area is 282 Å². The number of carboxylic acid groups (broad SMARTS) is 1. The summed E-state index contributed by atoms with van der Waals surface area (Å²) in [5, 5.41) is 20.5. The number of aliphatic imine (C=N–C) groups is 1. The zero-order chi connectivity index (χ0) is 34.0. The number of benzene rings is 2. The summed E-state index contributed by atoms with van der Waals surface area (Å²) in [7, 11) is 0. The summed E-state index contributed by atoms with van der Waals surface area (Å²) < 4.78 is 0. The molecule has 2 aliphatic rings. The van der Waals surface area contributed by atoms with Gasteiger partial charge in [-0.3, -0.25) is 4.99 Å². The van der Waals surface area contributed by atoms with Gasteiger partial charge in [-0.05, 0) is 95.5 Å². The van der Waals surface area contributed by atoms with Gasteiger partial charge in [-0.25, -0.2) is 4.79 Å². The van der Waals surface area contributed by atoms with Crippen molar-refractivity contribution in [3.63, 3.8) is 0 Å². The van der Waals surface area contributed by atoms with E-state index < -0.39 is 12.0 Å². The van der Waals surface area contributed by atoms with Gasteiger partial charge in [-0.2, -0.15) is 0 Å². The molecule has 10 heteroatoms. The van der Waals surface area contributed by atoms with Crippen LogP contribution in [0.15, 0.2) is 71.4 Å². The number of rotatable bonds is 17. The number of hydrogen-bond acceptors (Lipinski definition) is 7. The molecule has 6 unspecified atom stereocenters. The van der Waals surface area contributed by atoms with Gasteiger partial charge in [0.15, 0.2) is 5.96 Å². The minimum absolute atomic E-state index is 0.00172. The Morgan fingerprint density at radius 3 is 2.73 bits per heavy atom. The fourth-order valence-corrected chi connectivity index (χ4v) is 7.09. The second-order valence-electron chi connectivity index (χ2n) is 13.2. The average molecular weight is 652 g/mol. The van der Waals surface area contributed by atoms with Crippen molar-refractivity contribution in [2.75, 3.05) is 6.54 Å². The number of aldehydes is 2. The van der Waals surface area contributed by atoms with Crippen LogP contribution in [0.4, 0.5) is 5.82 Å². The summed E-state index contributed by atoms with van der Waals surface area (Å²) in [5.41, 5.74) is 16.6. The molecule has 2 heterocycles. The number of hydrogen-bond donors (Lipinski definition) is 5. The Morgan fingerprint density at radius 2 is 2.00 bits per heavy atom. The summed E-state index contributed by atoms with van der Waals surface area (Å²) in [6.45, 7) is 2.42. The van der Waals surface area contributed by atoms with Gasteiger partial charge in [-0.1, -0.05) is 73.9 Å². The summed E-state index contributed by atoms with van der Waals surface area (Å²) >= 11 is 0. The minimum atomic E-state index is -1.03. The van der Waals surface area contributed by atoms with E-state index in [1.807, 2.05) is 31.3 Å². The van der Waals surface area contributed by atoms with Crippen molar-refractivity contribution < 1.29 is 19.5 Å². The summed E-state index contributed by atoms with van der Waals surface area (Å²) in [4.78, 5) is 42.0. The number of allylic oxidation sites excluding steroid dienone is 1. The first kappa shape index (κ1) is 34.6. The van der Waals surface area contributed by atoms with Gasteiger partial charge in [0.2, 0.25) is 0 Å². The summed E-state index contributed by atoms with van der Waals surface area (Å²) in [6, 6.07) is 13.7. The van der Waals surface area contributed by atoms with Crippen molar-refractivity contribution in [1.82, 2.24) is 10.3 Å². The Kier molecular flexibility index (Phi) is 11.8. The van der Waals surface area contributed by atoms with Crippen LogP contribution in [0.5, 0.6) is 0 Å². The molecule has 1 aliphatic carbocycles. The number of guanidine groups is 1. The Balaban J connectivity index is 1.48. The molecule has 10 nitrogen and oxygen atoms in total. The van der Waals surface area contributed by atoms with Crippen LogP contribution < -0.4 is 16.8 Å². The van der Waals surface area contributed by atoms with Gasteiger partial charge in [0.05, 0.1) is 6.04 Å². The third-order valence-corrected chi connectivity index (χ3v) is 9.65. The van der Waals surface area contributed by atoms with E-state index in [1.165, 1.54) is 11.6 Å². The molecule has 0 saturated heterocycles. The van der Waals surface area contributed by atoms with Gasteiger partial charge in [0.1, 0.15) is 12.6 Å². The van der Waals surface area contributed by atoms with Crippen molar-refractivity contribution in [1.29, 1.82) is 0 Å². The fourth-order valence-electron chi connectivity index (χ4n) is 7.09. The molecule has 0 spiro atoms. The standard InChI is InChI=1S/C38H47N6O4/c1-24(23-46)7-12-30(39)4-2-5-31-28(11-10-27-19-26-9-8-25(14-17-45)18-29(26)20-32(27)31)21-35(43-36-6-3-15-41-36)33(22-37(47)48)34-13-16-42-38(40)44-34/h3,6,8-11,15,17-20,22-24,28,30-31,34-35,41H,2,4-5,7,12-14,16,21,39H2,1H3,(H,47,48)(H3,40,42,44)/q-1. The molecule has 6 atom stereocenters. The van der Waals surface area contributed by atoms with Gasteiger partial charge in [0.25, 0.3) is 0 Å². The maximum Gasteiger partial charge on any atom is 0.328 e. The minimum Gasteiger partial charge on any atom is -0.478 e. The number of nitrogens with two attached hydrogens (primary N) is 2. The highest BCUT2D eigenvalue weighted by Gasteiger charge is 2.32. The van der Waals surface area contributed by atoms with E-state index in [0.29, 0.717) is 43.2 Å². The van der Waals surface area contributed by atoms with E-state index in [-0.39, 0.29) is 29.8 Å². The monoisotopic (exact) mass is 651 g/mol. The van der Waals surface area contributed by atoms with Gasteiger partial charge < -0.3 is 41.8 Å². The number of aromatic nitrogens is 1. The van der Waals surface area contributed by atoms with Crippen molar-refractivity contribution in [2.24, 2.45) is 28.3 Å². The molecular formula is C38H47N6O4-. The predicted octanol–water partition coefficient (Wildman–Crippen LogP) is 5.90. The second-order valence-corrected chi connectivity index (χ2v) is 13.2. The normalized spacial score (nSPS) is 21.0. The molecular weight excluding hydrogens is 604 g/mol. The SMILES string of the molecule is CC(C=O)CCC(N)CCCC1c2cc3cc(CC=O)ccc3cc2C=CC1CC([N-]c1ccc[nH]1)C(=CC(=O)O)C1CCN=C(N)N1. The number of carboxylic acids is 1. The molecule has 2 aromatic carbocycles. The highest BCUT2D eigenvalue weighted by Crippen LogP contribution is 2.44. The molecule has 254 valence electrons. The molecule has 0 bridgehead atoms. The lowest BCUT2D eigenvalue weighted by molar-refractivity contribution is -0.131. The van der Waals surface area contributed by atoms with Crippen molar-refractivity contribution in [2.45, 2.75) is 82.3 Å². The first-order valence-electron chi connectivity index (χ1n) is 17.0. The number of nitrogens with one attached hydrogen (secondary N) is 2. The smallest absolute Gasteiger partial charge is 0.328 e. The molecule has 5 rings (SSSR count). The van der Waals surface area contributed by atoms with Crippen molar-refractivity contribution in [3.05, 3.63) is 88.4 Å². The van der Waals surface area contributed by atoms with Crippen molar-refractivity contribution >= 4 is 47.2 Å². The van der Waals surface area contributed by atoms with Gasteiger partial charge in [0, 0.05) is 31.0 Å². The molecule has 0 saturated carbocycles. The van der Waals surface area contributed by atoms with Crippen LogP contribution in [-0.2, 0) is 20.8 Å². The van der Waals surface area contributed by atoms with E-state index in [4.69, 9.17) is 16.8 Å². The zero-order valence-corrected chi connectivity index (χ0v) is 27.6. The van der Waals surface area contributed by atoms with Crippen LogP contribution >= 0.6 is 0 Å². The lowest BCUT2D eigenvalue weighted by atomic mass is 9.72. The lowest BCUT2D eigenvalue weighted by Gasteiger charge is -2.39. The van der Waals surface area contributed by atoms with E-state index in [2.05, 4.69) is 51.7 Å². The van der Waals surface area contributed by atoms with Crippen molar-refractivity contribution in [3.8, 4) is 0 Å². The number of fused-ring (bicyclic) bond motifs is 2. The molecule has 0 amide bonds. The first-order valence-corrected chi connectivity index (χ1v) is 17.0. The molecule has 7 N–H and O–H groups in total. The van der Waals surface area contributed by atoms with E-state index in [9.17, 15) is 19.5 Å². The first-order chi connectivity index (χ1) is 23.2. The molecule has 1 aromatic heterocycles. The molecule has 48 heavy (non-hydrogen) atoms. The Morgan fingerprint density at radius 1 is 1.15 bits per heavy atom. The van der Waals surface area contributed by atoms with E-state index >= 15 is 0 Å². The predicted molar refractivity (Wildman–Crippen MR) is 191 cm³/mol. The second kappa shape index (κ2) is 16.4. The van der Waals surface area contributed by atoms with Crippen LogP contribution in [0.3, 0.4) is 0 Å². The highest BCUT2D eigenvalue weighted by molar-refractivity contribution is 5.88. The topological polar surface area (TPSA) is 178 Å². The number of carbonyl (C=O) groups is 3. The molecule has 1 aliphatic heterocycles. The third-order valence-electron chi connectivity index (χ3n) is 9.65. The Bertz CT molecular complexity index is 1660. The number of aromatic amines is 1. The number of nitrogens with zero attached hydrogens (tertiary/aromatic N) is 2. The number of aliphatic carboxylic acids is 1. The lowest BCUT2D eigenvalue weighted by Crippen LogP contribution is -2.47. The quantitative estimate of drug-likeness (QED) is 0.0891. The molecule has 0 radical (unpaired) electrons. The van der Waals surface area contributed by atoms with Crippen LogP contribution in [-0.4, -0.2) is 59.3 Å². The summed E-state index contributed by atoms with van der Waals surface area (Å²) in [6.07, 6.45) is 15.2. The zero-order valence-electron chi connectivity index (χ0n) is 27.6. The van der Waals surface area contributed by atoms with Crippen LogP contribution in [0.2, 0.25) is 0 Å². The largest absolute Gasteiger partial charge is 0.478 e. The van der Waals surface area contributed by atoms with Crippen LogP contribution in [0.1, 0.15) is 74.5 Å². The number of H-pyrrole nitrogens is 1. The van der Waals surface area contributed by atoms with Crippen LogP contribution in [0, 0.1) is 11.8 Å². The average Bonchev–Trinajstić information content (AvgIpc) is 3.59. The highest BCUT2D eigenvalue weighted by atomic mass is 16.4. The molecule has 0 fully saturated rings. The number of carbonyl (C=O) groups excluding carboxylic acids is 2. The maximum absolute atomic E-state index is 12.2. The van der Waals surface area contributed by atoms with Gasteiger partial charge in [-0.15, -0.1) is 0 Å². The van der Waals surface area contributed by atoms with Gasteiger partial charge >= 0.3 is 5.97 Å². The van der Waals surface area contributed by atoms with E-state index in [1.54, 1.807) is 0 Å². The third kappa shape index (κ3) is 9.01.